The molecule has 21 heavy (non-hydrogen) atoms. The van der Waals surface area contributed by atoms with Crippen molar-refractivity contribution in [3.05, 3.63) is 70.3 Å². The third kappa shape index (κ3) is 4.46. The fourth-order valence-corrected chi connectivity index (χ4v) is 2.44. The van der Waals surface area contributed by atoms with Crippen LogP contribution in [-0.4, -0.2) is 5.11 Å². The SMILES string of the molecule is C#CC(O)c1ccc(CNCc2cc(C)cc(C)c2)cc1. The molecule has 0 aromatic heterocycles. The van der Waals surface area contributed by atoms with E-state index >= 15 is 0 Å². The van der Waals surface area contributed by atoms with Gasteiger partial charge in [0.05, 0.1) is 0 Å². The number of hydrogen-bond donors (Lipinski definition) is 2. The van der Waals surface area contributed by atoms with Gasteiger partial charge in [-0.05, 0) is 30.5 Å². The first-order valence-electron chi connectivity index (χ1n) is 7.09. The number of terminal acetylenes is 1. The van der Waals surface area contributed by atoms with Crippen molar-refractivity contribution in [3.63, 3.8) is 0 Å². The molecule has 0 amide bonds. The molecule has 2 N–H and O–H groups in total. The lowest BCUT2D eigenvalue weighted by Crippen LogP contribution is -2.13. The van der Waals surface area contributed by atoms with E-state index < -0.39 is 6.10 Å². The van der Waals surface area contributed by atoms with Gasteiger partial charge in [0.2, 0.25) is 0 Å². The Morgan fingerprint density at radius 1 is 1.00 bits per heavy atom. The Kier molecular flexibility index (Phi) is 5.16. The molecule has 0 fully saturated rings. The molecule has 0 heterocycles. The number of aryl methyl sites for hydroxylation is 2. The van der Waals surface area contributed by atoms with Crippen LogP contribution in [0.15, 0.2) is 42.5 Å². The molecule has 0 radical (unpaired) electrons. The maximum Gasteiger partial charge on any atom is 0.139 e. The number of benzene rings is 2. The maximum atomic E-state index is 9.55. The third-order valence-electron chi connectivity index (χ3n) is 3.39. The van der Waals surface area contributed by atoms with Gasteiger partial charge in [0.15, 0.2) is 0 Å². The van der Waals surface area contributed by atoms with Gasteiger partial charge in [0.25, 0.3) is 0 Å². The largest absolute Gasteiger partial charge is 0.376 e. The summed E-state index contributed by atoms with van der Waals surface area (Å²) >= 11 is 0. The minimum Gasteiger partial charge on any atom is -0.376 e. The lowest BCUT2D eigenvalue weighted by atomic mass is 10.1. The van der Waals surface area contributed by atoms with E-state index in [0.29, 0.717) is 0 Å². The second-order valence-electron chi connectivity index (χ2n) is 5.41. The summed E-state index contributed by atoms with van der Waals surface area (Å²) in [7, 11) is 0. The van der Waals surface area contributed by atoms with Crippen LogP contribution in [0.5, 0.6) is 0 Å². The maximum absolute atomic E-state index is 9.55. The Hall–Kier alpha value is -2.08. The van der Waals surface area contributed by atoms with Crippen LogP contribution in [0.1, 0.15) is 33.9 Å². The summed E-state index contributed by atoms with van der Waals surface area (Å²) in [6, 6.07) is 14.3. The van der Waals surface area contributed by atoms with Crippen molar-refractivity contribution in [3.8, 4) is 12.3 Å². The Morgan fingerprint density at radius 3 is 2.14 bits per heavy atom. The predicted octanol–water partition coefficient (Wildman–Crippen LogP) is 3.26. The van der Waals surface area contributed by atoms with Crippen LogP contribution in [0.25, 0.3) is 0 Å². The van der Waals surface area contributed by atoms with Crippen molar-refractivity contribution in [1.29, 1.82) is 0 Å². The van der Waals surface area contributed by atoms with Crippen LogP contribution >= 0.6 is 0 Å². The van der Waals surface area contributed by atoms with Crippen LogP contribution in [0, 0.1) is 26.2 Å². The molecule has 1 atom stereocenters. The topological polar surface area (TPSA) is 32.3 Å². The molecule has 2 aromatic rings. The molecule has 0 bridgehead atoms. The summed E-state index contributed by atoms with van der Waals surface area (Å²) in [5.74, 6) is 2.32. The molecule has 2 rings (SSSR count). The second-order valence-corrected chi connectivity index (χ2v) is 5.41. The van der Waals surface area contributed by atoms with Gasteiger partial charge in [-0.3, -0.25) is 0 Å². The highest BCUT2D eigenvalue weighted by Gasteiger charge is 2.02. The number of hydrogen-bond acceptors (Lipinski definition) is 2. The molecule has 0 aliphatic heterocycles. The standard InChI is InChI=1S/C19H21NO/c1-4-19(21)18-7-5-16(6-8-18)12-20-13-17-10-14(2)9-15(3)11-17/h1,5-11,19-21H,12-13H2,2-3H3. The van der Waals surface area contributed by atoms with E-state index in [4.69, 9.17) is 6.42 Å². The van der Waals surface area contributed by atoms with Crippen molar-refractivity contribution in [2.45, 2.75) is 33.0 Å². The molecule has 2 nitrogen and oxygen atoms in total. The van der Waals surface area contributed by atoms with E-state index in [1.807, 2.05) is 24.3 Å². The second kappa shape index (κ2) is 7.08. The summed E-state index contributed by atoms with van der Waals surface area (Å²) in [4.78, 5) is 0. The van der Waals surface area contributed by atoms with E-state index in [1.165, 1.54) is 22.3 Å². The van der Waals surface area contributed by atoms with Gasteiger partial charge in [-0.2, -0.15) is 0 Å². The molecule has 0 aliphatic carbocycles. The molecule has 0 spiro atoms. The minimum atomic E-state index is -0.817. The normalized spacial score (nSPS) is 11.9. The summed E-state index contributed by atoms with van der Waals surface area (Å²) in [6.45, 7) is 5.87. The van der Waals surface area contributed by atoms with Crippen LogP contribution < -0.4 is 5.32 Å². The summed E-state index contributed by atoms with van der Waals surface area (Å²) < 4.78 is 0. The highest BCUT2D eigenvalue weighted by Crippen LogP contribution is 2.13. The number of aliphatic hydroxyl groups is 1. The number of nitrogens with one attached hydrogen (secondary N) is 1. The predicted molar refractivity (Wildman–Crippen MR) is 86.7 cm³/mol. The Morgan fingerprint density at radius 2 is 1.57 bits per heavy atom. The monoisotopic (exact) mass is 279 g/mol. The first-order valence-corrected chi connectivity index (χ1v) is 7.09. The van der Waals surface area contributed by atoms with Crippen LogP contribution in [0.2, 0.25) is 0 Å². The number of rotatable bonds is 5. The average molecular weight is 279 g/mol. The molecule has 0 saturated carbocycles. The molecule has 0 saturated heterocycles. The molecule has 0 aliphatic rings. The van der Waals surface area contributed by atoms with Crippen molar-refractivity contribution in [2.75, 3.05) is 0 Å². The lowest BCUT2D eigenvalue weighted by Gasteiger charge is -2.09. The Labute approximate surface area is 126 Å². The van der Waals surface area contributed by atoms with Crippen molar-refractivity contribution < 1.29 is 5.11 Å². The first-order chi connectivity index (χ1) is 10.1. The van der Waals surface area contributed by atoms with Gasteiger partial charge in [-0.25, -0.2) is 0 Å². The van der Waals surface area contributed by atoms with Crippen molar-refractivity contribution in [1.82, 2.24) is 5.32 Å². The Bertz CT molecular complexity index is 617. The zero-order chi connectivity index (χ0) is 15.2. The van der Waals surface area contributed by atoms with Crippen LogP contribution in [0.3, 0.4) is 0 Å². The Balaban J connectivity index is 1.90. The van der Waals surface area contributed by atoms with E-state index in [9.17, 15) is 5.11 Å². The van der Waals surface area contributed by atoms with E-state index in [1.54, 1.807) is 0 Å². The van der Waals surface area contributed by atoms with Crippen molar-refractivity contribution >= 4 is 0 Å². The van der Waals surface area contributed by atoms with E-state index in [-0.39, 0.29) is 0 Å². The quantitative estimate of drug-likeness (QED) is 0.823. The van der Waals surface area contributed by atoms with Crippen LogP contribution in [-0.2, 0) is 13.1 Å². The molecule has 2 aromatic carbocycles. The summed E-state index contributed by atoms with van der Waals surface area (Å²) in [5.41, 5.74) is 5.81. The fourth-order valence-electron chi connectivity index (χ4n) is 2.44. The van der Waals surface area contributed by atoms with Crippen molar-refractivity contribution in [2.24, 2.45) is 0 Å². The summed E-state index contributed by atoms with van der Waals surface area (Å²) in [5, 5.41) is 13.0. The molecule has 108 valence electrons. The number of aliphatic hydroxyl groups excluding tert-OH is 1. The van der Waals surface area contributed by atoms with Gasteiger partial charge < -0.3 is 10.4 Å². The summed E-state index contributed by atoms with van der Waals surface area (Å²) in [6.07, 6.45) is 4.38. The van der Waals surface area contributed by atoms with Gasteiger partial charge in [0, 0.05) is 13.1 Å². The molecule has 1 unspecified atom stereocenters. The lowest BCUT2D eigenvalue weighted by molar-refractivity contribution is 0.238. The molecule has 2 heteroatoms. The molecular formula is C19H21NO. The van der Waals surface area contributed by atoms with Gasteiger partial charge in [-0.15, -0.1) is 6.42 Å². The zero-order valence-electron chi connectivity index (χ0n) is 12.6. The van der Waals surface area contributed by atoms with Gasteiger partial charge in [-0.1, -0.05) is 59.5 Å². The fraction of sp³-hybridized carbons (Fsp3) is 0.263. The molecular weight excluding hydrogens is 258 g/mol. The first kappa shape index (κ1) is 15.3. The minimum absolute atomic E-state index is 0.760. The smallest absolute Gasteiger partial charge is 0.139 e. The third-order valence-corrected chi connectivity index (χ3v) is 3.39. The van der Waals surface area contributed by atoms with Gasteiger partial charge in [0.1, 0.15) is 6.10 Å². The zero-order valence-corrected chi connectivity index (χ0v) is 12.6. The highest BCUT2D eigenvalue weighted by molar-refractivity contribution is 5.29. The van der Waals surface area contributed by atoms with E-state index in [0.717, 1.165) is 18.7 Å². The highest BCUT2D eigenvalue weighted by atomic mass is 16.3. The van der Waals surface area contributed by atoms with Crippen LogP contribution in [0.4, 0.5) is 0 Å². The van der Waals surface area contributed by atoms with E-state index in [2.05, 4.69) is 43.3 Å². The average Bonchev–Trinajstić information content (AvgIpc) is 2.46. The van der Waals surface area contributed by atoms with Gasteiger partial charge >= 0.3 is 0 Å².